The molecule has 0 aliphatic carbocycles. The first-order valence-electron chi connectivity index (χ1n) is 11.8. The highest BCUT2D eigenvalue weighted by atomic mass is 16.1. The number of rotatable bonds is 4. The maximum Gasteiger partial charge on any atom is 0.257 e. The molecule has 1 aliphatic heterocycles. The first-order valence-corrected chi connectivity index (χ1v) is 10.3. The zero-order chi connectivity index (χ0) is 24.6. The molecule has 0 atom stereocenters. The molecule has 1 N–H and O–H groups in total. The Kier molecular flexibility index (Phi) is 4.38. The summed E-state index contributed by atoms with van der Waals surface area (Å²) in [5.41, 5.74) is 2.13. The second-order valence-electron chi connectivity index (χ2n) is 7.72. The van der Waals surface area contributed by atoms with Crippen molar-refractivity contribution in [3.05, 3.63) is 60.8 Å². The number of carbonyl (C=O) groups excluding carboxylic acids is 1. The van der Waals surface area contributed by atoms with E-state index < -0.39 is 6.98 Å². The molecule has 1 fully saturated rings. The van der Waals surface area contributed by atoms with E-state index in [0.29, 0.717) is 43.4 Å². The van der Waals surface area contributed by atoms with Crippen LogP contribution in [0.2, 0.25) is 0 Å². The van der Waals surface area contributed by atoms with Crippen LogP contribution in [0.15, 0.2) is 55.2 Å². The molecule has 5 rings (SSSR count). The maximum atomic E-state index is 13.0. The average molecular weight is 432 g/mol. The quantitative estimate of drug-likeness (QED) is 0.531. The number of fused-ring (bicyclic) bond motifs is 1. The molecule has 4 aromatic rings. The first-order chi connectivity index (χ1) is 16.8. The summed E-state index contributed by atoms with van der Waals surface area (Å²) in [5, 5.41) is 8.80. The predicted octanol–water partition coefficient (Wildman–Crippen LogP) is 2.43. The van der Waals surface area contributed by atoms with E-state index in [4.69, 9.17) is 4.11 Å². The van der Waals surface area contributed by atoms with E-state index in [1.54, 1.807) is 41.6 Å². The predicted molar refractivity (Wildman–Crippen MR) is 124 cm³/mol. The van der Waals surface area contributed by atoms with Gasteiger partial charge in [-0.3, -0.25) is 14.5 Å². The van der Waals surface area contributed by atoms with E-state index in [2.05, 4.69) is 25.4 Å². The van der Waals surface area contributed by atoms with Crippen LogP contribution in [0.5, 0.6) is 0 Å². The van der Waals surface area contributed by atoms with Crippen molar-refractivity contribution in [3.8, 4) is 11.3 Å². The van der Waals surface area contributed by atoms with Gasteiger partial charge in [0.2, 0.25) is 0 Å². The maximum absolute atomic E-state index is 13.0. The Hall–Kier alpha value is -3.85. The van der Waals surface area contributed by atoms with Crippen LogP contribution in [0.3, 0.4) is 0 Å². The average Bonchev–Trinajstić information content (AvgIpc) is 3.29. The number of anilines is 2. The summed E-state index contributed by atoms with van der Waals surface area (Å²) in [6.07, 6.45) is 8.65. The SMILES string of the molecule is [2H]C([2H])([2H])N1CCN(c2cc(C(=O)Nc3cc4cc(-c5cnn(C)c5)ncc4cn3)ccn2)CC1. The van der Waals surface area contributed by atoms with Gasteiger partial charge in [0.1, 0.15) is 11.6 Å². The second kappa shape index (κ2) is 8.35. The molecule has 0 unspecified atom stereocenters. The van der Waals surface area contributed by atoms with Crippen LogP contribution in [0.25, 0.3) is 22.0 Å². The number of carbonyl (C=O) groups is 1. The smallest absolute Gasteiger partial charge is 0.257 e. The highest BCUT2D eigenvalue weighted by molar-refractivity contribution is 6.05. The molecule has 32 heavy (non-hydrogen) atoms. The molecule has 0 bridgehead atoms. The third-order valence-corrected chi connectivity index (χ3v) is 5.46. The van der Waals surface area contributed by atoms with Crippen molar-refractivity contribution in [3.63, 3.8) is 0 Å². The van der Waals surface area contributed by atoms with E-state index in [-0.39, 0.29) is 5.91 Å². The van der Waals surface area contributed by atoms with Gasteiger partial charge in [-0.05, 0) is 36.6 Å². The van der Waals surface area contributed by atoms with Crippen LogP contribution in [-0.2, 0) is 7.05 Å². The molecule has 1 amide bonds. The van der Waals surface area contributed by atoms with Crippen molar-refractivity contribution in [1.29, 1.82) is 0 Å². The van der Waals surface area contributed by atoms with Crippen LogP contribution < -0.4 is 10.2 Å². The summed E-state index contributed by atoms with van der Waals surface area (Å²) < 4.78 is 24.4. The van der Waals surface area contributed by atoms with Gasteiger partial charge in [0.15, 0.2) is 0 Å². The Balaban J connectivity index is 1.31. The van der Waals surface area contributed by atoms with E-state index in [1.807, 2.05) is 30.3 Å². The van der Waals surface area contributed by atoms with E-state index in [9.17, 15) is 4.79 Å². The number of hydrogen-bond acceptors (Lipinski definition) is 7. The third-order valence-electron chi connectivity index (χ3n) is 5.46. The standard InChI is InChI=1S/C23H24N8O/c1-29-5-7-31(8-6-29)22-11-16(3-4-24-22)23(32)28-21-10-17-9-20(19-14-27-30(2)15-19)25-12-18(17)13-26-21/h3-4,9-15H,5-8H2,1-2H3,(H,26,28,32)/i1D3. The highest BCUT2D eigenvalue weighted by Gasteiger charge is 2.17. The van der Waals surface area contributed by atoms with E-state index in [0.717, 1.165) is 22.0 Å². The Bertz CT molecular complexity index is 1380. The Morgan fingerprint density at radius 1 is 1.03 bits per heavy atom. The highest BCUT2D eigenvalue weighted by Crippen LogP contribution is 2.23. The summed E-state index contributed by atoms with van der Waals surface area (Å²) >= 11 is 0. The largest absolute Gasteiger partial charge is 0.354 e. The first kappa shape index (κ1) is 16.8. The van der Waals surface area contributed by atoms with Crippen LogP contribution in [0.1, 0.15) is 14.5 Å². The zero-order valence-corrected chi connectivity index (χ0v) is 17.6. The van der Waals surface area contributed by atoms with Crippen LogP contribution in [-0.4, -0.2) is 68.7 Å². The molecule has 0 aromatic carbocycles. The summed E-state index contributed by atoms with van der Waals surface area (Å²) in [4.78, 5) is 29.6. The minimum atomic E-state index is -2.09. The molecule has 0 radical (unpaired) electrons. The monoisotopic (exact) mass is 431 g/mol. The van der Waals surface area contributed by atoms with Crippen molar-refractivity contribution in [2.24, 2.45) is 7.05 Å². The van der Waals surface area contributed by atoms with Crippen LogP contribution in [0.4, 0.5) is 11.6 Å². The van der Waals surface area contributed by atoms with Crippen molar-refractivity contribution >= 4 is 28.3 Å². The number of aromatic nitrogens is 5. The summed E-state index contributed by atoms with van der Waals surface area (Å²) in [6.45, 7) is -0.230. The molecule has 1 aliphatic rings. The summed E-state index contributed by atoms with van der Waals surface area (Å²) in [7, 11) is 1.85. The normalized spacial score (nSPS) is 16.4. The van der Waals surface area contributed by atoms with Gasteiger partial charge in [0.05, 0.1) is 11.9 Å². The third kappa shape index (κ3) is 4.15. The lowest BCUT2D eigenvalue weighted by Gasteiger charge is -2.33. The molecule has 5 heterocycles. The van der Waals surface area contributed by atoms with Gasteiger partial charge in [-0.2, -0.15) is 5.10 Å². The minimum absolute atomic E-state index is 0.303. The van der Waals surface area contributed by atoms with Gasteiger partial charge in [0, 0.05) is 78.6 Å². The zero-order valence-electron chi connectivity index (χ0n) is 20.6. The van der Waals surface area contributed by atoms with Crippen molar-refractivity contribution in [2.75, 3.05) is 43.4 Å². The number of hydrogen-bond donors (Lipinski definition) is 1. The van der Waals surface area contributed by atoms with Crippen LogP contribution in [0, 0.1) is 0 Å². The number of nitrogens with one attached hydrogen (secondary N) is 1. The van der Waals surface area contributed by atoms with Gasteiger partial charge in [-0.15, -0.1) is 0 Å². The van der Waals surface area contributed by atoms with E-state index >= 15 is 0 Å². The fourth-order valence-corrected chi connectivity index (χ4v) is 3.67. The molecule has 9 heteroatoms. The molecule has 0 saturated carbocycles. The van der Waals surface area contributed by atoms with Gasteiger partial charge in [-0.25, -0.2) is 9.97 Å². The van der Waals surface area contributed by atoms with Gasteiger partial charge >= 0.3 is 0 Å². The number of nitrogens with zero attached hydrogens (tertiary/aromatic N) is 7. The lowest BCUT2D eigenvalue weighted by molar-refractivity contribution is 0.102. The molecular weight excluding hydrogens is 404 g/mol. The Labute approximate surface area is 189 Å². The Morgan fingerprint density at radius 2 is 1.88 bits per heavy atom. The number of amides is 1. The number of likely N-dealkylation sites (N-methyl/N-ethyl adjacent to an activating group) is 1. The molecular formula is C23H24N8O. The fraction of sp³-hybridized carbons (Fsp3) is 0.261. The van der Waals surface area contributed by atoms with Gasteiger partial charge in [0.25, 0.3) is 5.91 Å². The fourth-order valence-electron chi connectivity index (χ4n) is 3.67. The number of piperazine rings is 1. The number of pyridine rings is 3. The van der Waals surface area contributed by atoms with Crippen molar-refractivity contribution in [1.82, 2.24) is 29.6 Å². The Morgan fingerprint density at radius 3 is 2.66 bits per heavy atom. The summed E-state index contributed by atoms with van der Waals surface area (Å²) in [6, 6.07) is 7.10. The molecule has 1 saturated heterocycles. The van der Waals surface area contributed by atoms with Crippen LogP contribution >= 0.6 is 0 Å². The van der Waals surface area contributed by atoms with E-state index in [1.165, 1.54) is 4.90 Å². The second-order valence-corrected chi connectivity index (χ2v) is 7.72. The molecule has 162 valence electrons. The topological polar surface area (TPSA) is 92.1 Å². The van der Waals surface area contributed by atoms with Crippen molar-refractivity contribution < 1.29 is 8.91 Å². The molecule has 9 nitrogen and oxygen atoms in total. The number of aryl methyl sites for hydroxylation is 1. The lowest BCUT2D eigenvalue weighted by atomic mass is 10.1. The summed E-state index contributed by atoms with van der Waals surface area (Å²) in [5.74, 6) is 0.764. The molecule has 0 spiro atoms. The minimum Gasteiger partial charge on any atom is -0.354 e. The van der Waals surface area contributed by atoms with Crippen molar-refractivity contribution in [2.45, 2.75) is 0 Å². The van der Waals surface area contributed by atoms with Gasteiger partial charge < -0.3 is 15.1 Å². The lowest BCUT2D eigenvalue weighted by Crippen LogP contribution is -2.44. The van der Waals surface area contributed by atoms with Gasteiger partial charge in [-0.1, -0.05) is 0 Å². The molecule has 4 aromatic heterocycles.